The molecule has 0 fully saturated rings. The molecule has 5 aromatic rings. The number of benzene rings is 1. The molecule has 4 heterocycles. The van der Waals surface area contributed by atoms with E-state index in [1.807, 2.05) is 41.5 Å². The van der Waals surface area contributed by atoms with Gasteiger partial charge in [-0.25, -0.2) is 9.97 Å². The van der Waals surface area contributed by atoms with Crippen molar-refractivity contribution in [1.29, 1.82) is 0 Å². The fourth-order valence-corrected chi connectivity index (χ4v) is 5.28. The van der Waals surface area contributed by atoms with E-state index in [1.54, 1.807) is 43.0 Å². The molecule has 0 spiro atoms. The van der Waals surface area contributed by atoms with Gasteiger partial charge in [-0.3, -0.25) is 19.2 Å². The molecule has 0 saturated carbocycles. The number of nitrogens with one attached hydrogen (secondary N) is 6. The van der Waals surface area contributed by atoms with Crippen LogP contribution < -0.4 is 43.6 Å². The number of rotatable bonds is 4. The number of hydrogen-bond acceptors (Lipinski definition) is 6. The maximum absolute atomic E-state index is 12.9. The molecule has 232 valence electrons. The zero-order valence-corrected chi connectivity index (χ0v) is 27.2. The normalized spacial score (nSPS) is 14.1. The predicted octanol–water partition coefficient (Wildman–Crippen LogP) is 0.559. The maximum Gasteiger partial charge on any atom is 0.272 e. The highest BCUT2D eigenvalue weighted by Gasteiger charge is 2.20. The molecule has 13 heteroatoms. The van der Waals surface area contributed by atoms with Gasteiger partial charge in [-0.15, -0.1) is 0 Å². The lowest BCUT2D eigenvalue weighted by molar-refractivity contribution is 0.571. The van der Waals surface area contributed by atoms with Gasteiger partial charge in [0.15, 0.2) is 0 Å². The average Bonchev–Trinajstić information content (AvgIpc) is 3.61. The summed E-state index contributed by atoms with van der Waals surface area (Å²) in [5, 5.41) is 0.299. The van der Waals surface area contributed by atoms with Crippen LogP contribution in [0.25, 0.3) is 24.3 Å². The minimum Gasteiger partial charge on any atom is -0.348 e. The molecule has 12 nitrogen and oxygen atoms in total. The third-order valence-electron chi connectivity index (χ3n) is 7.01. The van der Waals surface area contributed by atoms with Crippen LogP contribution in [-0.4, -0.2) is 39.9 Å². The van der Waals surface area contributed by atoms with Gasteiger partial charge < -0.3 is 29.9 Å². The largest absolute Gasteiger partial charge is 0.348 e. The van der Waals surface area contributed by atoms with Crippen molar-refractivity contribution in [2.45, 2.75) is 52.4 Å². The first-order valence-corrected chi connectivity index (χ1v) is 14.9. The number of aromatic amines is 6. The summed E-state index contributed by atoms with van der Waals surface area (Å²) in [5.74, 6) is 0. The van der Waals surface area contributed by atoms with Crippen LogP contribution in [0.3, 0.4) is 0 Å². The minimum atomic E-state index is -0.485. The Morgan fingerprint density at radius 1 is 0.600 bits per heavy atom. The topological polar surface area (TPSA) is 189 Å². The van der Waals surface area contributed by atoms with E-state index in [2.05, 4.69) is 55.8 Å². The highest BCUT2D eigenvalue weighted by atomic mass is 79.9. The second-order valence-corrected chi connectivity index (χ2v) is 13.5. The van der Waals surface area contributed by atoms with Crippen LogP contribution in [0.1, 0.15) is 75.4 Å². The van der Waals surface area contributed by atoms with Gasteiger partial charge in [0.05, 0.1) is 24.0 Å². The third kappa shape index (κ3) is 6.88. The van der Waals surface area contributed by atoms with Crippen molar-refractivity contribution in [3.05, 3.63) is 132 Å². The molecule has 0 bridgehead atoms. The summed E-state index contributed by atoms with van der Waals surface area (Å²) in [5.41, 5.74) is 1.64. The molecule has 0 aliphatic heterocycles. The predicted molar refractivity (Wildman–Crippen MR) is 177 cm³/mol. The van der Waals surface area contributed by atoms with E-state index in [9.17, 15) is 19.2 Å². The Morgan fingerprint density at radius 2 is 1.00 bits per heavy atom. The van der Waals surface area contributed by atoms with Gasteiger partial charge in [-0.05, 0) is 41.5 Å². The van der Waals surface area contributed by atoms with E-state index in [0.29, 0.717) is 27.0 Å². The second kappa shape index (κ2) is 11.8. The van der Waals surface area contributed by atoms with Crippen molar-refractivity contribution < 1.29 is 0 Å². The van der Waals surface area contributed by atoms with Crippen molar-refractivity contribution in [2.24, 2.45) is 0 Å². The van der Waals surface area contributed by atoms with E-state index >= 15 is 0 Å². The summed E-state index contributed by atoms with van der Waals surface area (Å²) in [6.45, 7) is 12.1. The van der Waals surface area contributed by atoms with Gasteiger partial charge in [-0.2, -0.15) is 0 Å². The summed E-state index contributed by atoms with van der Waals surface area (Å²) < 4.78 is 0.593. The minimum absolute atomic E-state index is 0.0618. The lowest BCUT2D eigenvalue weighted by atomic mass is 9.90. The van der Waals surface area contributed by atoms with Crippen molar-refractivity contribution in [2.75, 3.05) is 0 Å². The van der Waals surface area contributed by atoms with E-state index < -0.39 is 22.2 Å². The summed E-state index contributed by atoms with van der Waals surface area (Å²) in [7, 11) is 0. The van der Waals surface area contributed by atoms with Gasteiger partial charge in [0, 0.05) is 26.7 Å². The molecule has 6 N–H and O–H groups in total. The van der Waals surface area contributed by atoms with Crippen molar-refractivity contribution in [3.63, 3.8) is 0 Å². The second-order valence-electron chi connectivity index (χ2n) is 12.7. The number of halogens is 1. The highest BCUT2D eigenvalue weighted by Crippen LogP contribution is 2.24. The Labute approximate surface area is 264 Å². The first kappa shape index (κ1) is 31.4. The van der Waals surface area contributed by atoms with Crippen LogP contribution in [0.5, 0.6) is 0 Å². The number of H-pyrrole nitrogens is 6. The van der Waals surface area contributed by atoms with Gasteiger partial charge in [-0.1, -0.05) is 69.6 Å². The molecule has 0 atom stereocenters. The molecule has 0 aliphatic rings. The molecule has 0 unspecified atom stereocenters. The molecule has 0 aliphatic carbocycles. The first-order valence-electron chi connectivity index (χ1n) is 14.1. The van der Waals surface area contributed by atoms with Crippen LogP contribution in [-0.2, 0) is 10.8 Å². The summed E-state index contributed by atoms with van der Waals surface area (Å²) in [6.07, 6.45) is 9.25. The van der Waals surface area contributed by atoms with E-state index in [-0.39, 0.29) is 32.2 Å². The fourth-order valence-electron chi connectivity index (χ4n) is 4.77. The Hall–Kier alpha value is -5.04. The zero-order valence-electron chi connectivity index (χ0n) is 25.6. The summed E-state index contributed by atoms with van der Waals surface area (Å²) >= 11 is 3.50. The van der Waals surface area contributed by atoms with Crippen LogP contribution in [0.4, 0.5) is 0 Å². The molecular formula is C32H33BrN8O4. The quantitative estimate of drug-likeness (QED) is 0.162. The summed E-state index contributed by atoms with van der Waals surface area (Å²) in [6, 6.07) is 5.16. The van der Waals surface area contributed by atoms with Gasteiger partial charge in [0.25, 0.3) is 22.2 Å². The zero-order chi connectivity index (χ0) is 32.7. The van der Waals surface area contributed by atoms with Gasteiger partial charge >= 0.3 is 0 Å². The highest BCUT2D eigenvalue weighted by molar-refractivity contribution is 9.10. The molecule has 45 heavy (non-hydrogen) atoms. The number of aromatic nitrogens is 8. The van der Waals surface area contributed by atoms with Crippen LogP contribution in [0.15, 0.2) is 54.5 Å². The number of nitrogens with zero attached hydrogens (tertiary/aromatic N) is 2. The molecule has 0 amide bonds. The molecular weight excluding hydrogens is 640 g/mol. The van der Waals surface area contributed by atoms with E-state index in [1.165, 1.54) is 12.2 Å². The standard InChI is InChI=1S/C32H33BrN8O4/c1-31(2,3)25-19(34-14-36-25)12-23-29(44)38-21(27(42)40-23)10-16-7-8-17(18(33)9-16)11-22-28(43)41-24(30(45)39-22)13-20-26(32(4,5)6)37-15-35-20/h7-15H,1-6H3,(H,34,36)(H,35,37)(H,38,44)(H,39,45)(H,40,42)(H,41,43)/b21-10-,22-11-,23-12-,24-13-. The van der Waals surface area contributed by atoms with E-state index in [0.717, 1.165) is 11.4 Å². The number of imidazole rings is 2. The van der Waals surface area contributed by atoms with Crippen molar-refractivity contribution in [1.82, 2.24) is 39.9 Å². The molecule has 0 saturated heterocycles. The Morgan fingerprint density at radius 3 is 1.40 bits per heavy atom. The van der Waals surface area contributed by atoms with E-state index in [4.69, 9.17) is 0 Å². The maximum atomic E-state index is 12.9. The number of hydrogen-bond donors (Lipinski definition) is 6. The van der Waals surface area contributed by atoms with Gasteiger partial charge in [0.2, 0.25) is 0 Å². The monoisotopic (exact) mass is 672 g/mol. The smallest absolute Gasteiger partial charge is 0.272 e. The van der Waals surface area contributed by atoms with Crippen LogP contribution >= 0.6 is 15.9 Å². The average molecular weight is 674 g/mol. The molecule has 5 rings (SSSR count). The molecule has 4 aromatic heterocycles. The Bertz CT molecular complexity index is 2410. The summed E-state index contributed by atoms with van der Waals surface area (Å²) in [4.78, 5) is 76.7. The van der Waals surface area contributed by atoms with Crippen molar-refractivity contribution >= 4 is 40.2 Å². The molecule has 1 aromatic carbocycles. The Balaban J connectivity index is 1.48. The molecule has 0 radical (unpaired) electrons. The van der Waals surface area contributed by atoms with Crippen LogP contribution in [0.2, 0.25) is 0 Å². The lowest BCUT2D eigenvalue weighted by Crippen LogP contribution is -2.47. The van der Waals surface area contributed by atoms with Gasteiger partial charge in [0.1, 0.15) is 21.4 Å². The van der Waals surface area contributed by atoms with Crippen LogP contribution in [0, 0.1) is 0 Å². The van der Waals surface area contributed by atoms with Crippen molar-refractivity contribution in [3.8, 4) is 0 Å². The lowest BCUT2D eigenvalue weighted by Gasteiger charge is -2.16. The third-order valence-corrected chi connectivity index (χ3v) is 7.69. The first-order chi connectivity index (χ1) is 21.1. The Kier molecular flexibility index (Phi) is 8.23. The fraction of sp³-hybridized carbons (Fsp3) is 0.250. The SMILES string of the molecule is CC(C)(C)c1[nH]cnc1/C=c1\[nH]c(=O)/c(=C/c2ccc(/C=c3\[nH]c(=O)/c(=C/c4nc[nH]c4C(C)(C)C)[nH]c3=O)c(Br)c2)[nH]c1=O.